The number of anilines is 1. The molecule has 0 fully saturated rings. The number of fused-ring (bicyclic) bond motifs is 1. The first-order valence-electron chi connectivity index (χ1n) is 5.45. The molecule has 0 bridgehead atoms. The number of nitrogens with one attached hydrogen (secondary N) is 1. The van der Waals surface area contributed by atoms with Crippen LogP contribution in [0.4, 0.5) is 5.95 Å². The van der Waals surface area contributed by atoms with Gasteiger partial charge in [0, 0.05) is 22.6 Å². The van der Waals surface area contributed by atoms with E-state index >= 15 is 0 Å². The molecule has 2 rings (SSSR count). The van der Waals surface area contributed by atoms with Crippen molar-refractivity contribution in [2.24, 2.45) is 0 Å². The molecule has 0 radical (unpaired) electrons. The Labute approximate surface area is 114 Å². The van der Waals surface area contributed by atoms with E-state index in [1.165, 1.54) is 0 Å². The van der Waals surface area contributed by atoms with Gasteiger partial charge in [0.25, 0.3) is 0 Å². The van der Waals surface area contributed by atoms with Crippen LogP contribution >= 0.6 is 27.7 Å². The first-order chi connectivity index (χ1) is 8.31. The second kappa shape index (κ2) is 6.21. The molecule has 0 saturated carbocycles. The zero-order valence-electron chi connectivity index (χ0n) is 9.61. The van der Waals surface area contributed by atoms with Gasteiger partial charge in [-0.3, -0.25) is 0 Å². The number of para-hydroxylation sites is 1. The Hall–Kier alpha value is -0.810. The van der Waals surface area contributed by atoms with Gasteiger partial charge in [-0.05, 0) is 40.4 Å². The molecule has 1 aromatic heterocycles. The van der Waals surface area contributed by atoms with Gasteiger partial charge in [0.05, 0.1) is 5.52 Å². The number of hydrogen-bond acceptors (Lipinski definition) is 4. The van der Waals surface area contributed by atoms with Crippen molar-refractivity contribution >= 4 is 44.5 Å². The van der Waals surface area contributed by atoms with Crippen LogP contribution in [0.2, 0.25) is 0 Å². The van der Waals surface area contributed by atoms with Gasteiger partial charge in [0.2, 0.25) is 5.95 Å². The number of hydrogen-bond donors (Lipinski definition) is 1. The molecule has 0 aliphatic heterocycles. The maximum Gasteiger partial charge on any atom is 0.223 e. The van der Waals surface area contributed by atoms with Crippen molar-refractivity contribution in [3.8, 4) is 0 Å². The largest absolute Gasteiger partial charge is 0.354 e. The fourth-order valence-electron chi connectivity index (χ4n) is 1.52. The van der Waals surface area contributed by atoms with Gasteiger partial charge in [-0.1, -0.05) is 12.1 Å². The van der Waals surface area contributed by atoms with Crippen molar-refractivity contribution in [3.05, 3.63) is 28.9 Å². The Morgan fingerprint density at radius 3 is 3.12 bits per heavy atom. The molecule has 0 aliphatic carbocycles. The molecule has 0 atom stereocenters. The van der Waals surface area contributed by atoms with Gasteiger partial charge in [0.15, 0.2) is 0 Å². The highest BCUT2D eigenvalue weighted by molar-refractivity contribution is 9.10. The summed E-state index contributed by atoms with van der Waals surface area (Å²) in [6.45, 7) is 0.913. The van der Waals surface area contributed by atoms with Crippen molar-refractivity contribution < 1.29 is 0 Å². The number of halogens is 1. The van der Waals surface area contributed by atoms with Gasteiger partial charge in [-0.25, -0.2) is 9.97 Å². The van der Waals surface area contributed by atoms with E-state index in [2.05, 4.69) is 37.5 Å². The van der Waals surface area contributed by atoms with E-state index in [4.69, 9.17) is 0 Å². The van der Waals surface area contributed by atoms with Crippen LogP contribution in [0, 0.1) is 0 Å². The quantitative estimate of drug-likeness (QED) is 0.857. The van der Waals surface area contributed by atoms with Gasteiger partial charge in [-0.15, -0.1) is 0 Å². The fourth-order valence-corrected chi connectivity index (χ4v) is 2.42. The smallest absolute Gasteiger partial charge is 0.223 e. The van der Waals surface area contributed by atoms with Crippen LogP contribution in [-0.2, 0) is 0 Å². The van der Waals surface area contributed by atoms with Crippen LogP contribution < -0.4 is 5.32 Å². The fraction of sp³-hybridized carbons (Fsp3) is 0.333. The molecule has 0 saturated heterocycles. The van der Waals surface area contributed by atoms with Gasteiger partial charge < -0.3 is 5.32 Å². The van der Waals surface area contributed by atoms with Crippen LogP contribution in [0.1, 0.15) is 6.42 Å². The van der Waals surface area contributed by atoms with Crippen molar-refractivity contribution in [1.29, 1.82) is 0 Å². The van der Waals surface area contributed by atoms with Crippen LogP contribution in [-0.4, -0.2) is 28.5 Å². The SMILES string of the molecule is CSCCCNc1ncc2cccc(Br)c2n1. The summed E-state index contributed by atoms with van der Waals surface area (Å²) < 4.78 is 1.00. The highest BCUT2D eigenvalue weighted by atomic mass is 79.9. The third kappa shape index (κ3) is 3.33. The minimum atomic E-state index is 0.700. The van der Waals surface area contributed by atoms with Crippen LogP contribution in [0.25, 0.3) is 10.9 Å². The number of rotatable bonds is 5. The topological polar surface area (TPSA) is 37.8 Å². The predicted octanol–water partition coefficient (Wildman–Crippen LogP) is 3.56. The second-order valence-corrected chi connectivity index (χ2v) is 5.48. The Balaban J connectivity index is 2.11. The van der Waals surface area contributed by atoms with E-state index in [0.717, 1.165) is 34.1 Å². The van der Waals surface area contributed by atoms with E-state index < -0.39 is 0 Å². The van der Waals surface area contributed by atoms with Gasteiger partial charge in [0.1, 0.15) is 0 Å². The highest BCUT2D eigenvalue weighted by Crippen LogP contribution is 2.21. The number of thioether (sulfide) groups is 1. The van der Waals surface area contributed by atoms with Crippen LogP contribution in [0.15, 0.2) is 28.9 Å². The second-order valence-electron chi connectivity index (χ2n) is 3.64. The minimum absolute atomic E-state index is 0.700. The molecular formula is C12H14BrN3S. The van der Waals surface area contributed by atoms with Crippen LogP contribution in [0.5, 0.6) is 0 Å². The Bertz CT molecular complexity index is 504. The van der Waals surface area contributed by atoms with Crippen LogP contribution in [0.3, 0.4) is 0 Å². The Kier molecular flexibility index (Phi) is 4.62. The predicted molar refractivity (Wildman–Crippen MR) is 78.7 cm³/mol. The summed E-state index contributed by atoms with van der Waals surface area (Å²) >= 11 is 5.36. The molecule has 1 N–H and O–H groups in total. The zero-order chi connectivity index (χ0) is 12.1. The summed E-state index contributed by atoms with van der Waals surface area (Å²) in [5.41, 5.74) is 0.954. The number of aromatic nitrogens is 2. The van der Waals surface area contributed by atoms with Crippen molar-refractivity contribution in [2.75, 3.05) is 23.9 Å². The monoisotopic (exact) mass is 311 g/mol. The molecular weight excluding hydrogens is 298 g/mol. The summed E-state index contributed by atoms with van der Waals surface area (Å²) in [4.78, 5) is 8.79. The molecule has 17 heavy (non-hydrogen) atoms. The molecule has 0 aliphatic rings. The summed E-state index contributed by atoms with van der Waals surface area (Å²) in [6, 6.07) is 5.99. The molecule has 5 heteroatoms. The lowest BCUT2D eigenvalue weighted by atomic mass is 10.2. The summed E-state index contributed by atoms with van der Waals surface area (Å²) in [5, 5.41) is 4.29. The van der Waals surface area contributed by atoms with E-state index in [-0.39, 0.29) is 0 Å². The number of nitrogens with zero attached hydrogens (tertiary/aromatic N) is 2. The lowest BCUT2D eigenvalue weighted by Gasteiger charge is -2.05. The third-order valence-corrected chi connectivity index (χ3v) is 3.71. The van der Waals surface area contributed by atoms with E-state index in [0.29, 0.717) is 5.95 Å². The Morgan fingerprint density at radius 1 is 1.41 bits per heavy atom. The normalized spacial score (nSPS) is 10.7. The molecule has 1 heterocycles. The molecule has 0 unspecified atom stereocenters. The minimum Gasteiger partial charge on any atom is -0.354 e. The maximum absolute atomic E-state index is 4.50. The highest BCUT2D eigenvalue weighted by Gasteiger charge is 2.02. The first-order valence-corrected chi connectivity index (χ1v) is 7.64. The maximum atomic E-state index is 4.50. The van der Waals surface area contributed by atoms with Crippen molar-refractivity contribution in [1.82, 2.24) is 9.97 Å². The third-order valence-electron chi connectivity index (χ3n) is 2.37. The van der Waals surface area contributed by atoms with E-state index in [1.807, 2.05) is 36.2 Å². The average molecular weight is 312 g/mol. The number of benzene rings is 1. The van der Waals surface area contributed by atoms with Gasteiger partial charge in [-0.2, -0.15) is 11.8 Å². The zero-order valence-corrected chi connectivity index (χ0v) is 12.0. The molecule has 1 aromatic carbocycles. The van der Waals surface area contributed by atoms with E-state index in [1.54, 1.807) is 0 Å². The Morgan fingerprint density at radius 2 is 2.29 bits per heavy atom. The molecule has 3 nitrogen and oxygen atoms in total. The summed E-state index contributed by atoms with van der Waals surface area (Å²) in [5.74, 6) is 1.86. The lowest BCUT2D eigenvalue weighted by Crippen LogP contribution is -2.06. The molecule has 0 amide bonds. The van der Waals surface area contributed by atoms with E-state index in [9.17, 15) is 0 Å². The first kappa shape index (κ1) is 12.6. The summed E-state index contributed by atoms with van der Waals surface area (Å²) in [7, 11) is 0. The van der Waals surface area contributed by atoms with Gasteiger partial charge >= 0.3 is 0 Å². The molecule has 0 spiro atoms. The van der Waals surface area contributed by atoms with Crippen molar-refractivity contribution in [3.63, 3.8) is 0 Å². The standard InChI is InChI=1S/C12H14BrN3S/c1-17-7-3-6-14-12-15-8-9-4-2-5-10(13)11(9)16-12/h2,4-5,8H,3,6-7H2,1H3,(H,14,15,16). The molecule has 90 valence electrons. The summed E-state index contributed by atoms with van der Waals surface area (Å²) in [6.07, 6.45) is 5.09. The lowest BCUT2D eigenvalue weighted by molar-refractivity contribution is 0.968. The molecule has 2 aromatic rings. The average Bonchev–Trinajstić information content (AvgIpc) is 2.36. The van der Waals surface area contributed by atoms with Crippen molar-refractivity contribution in [2.45, 2.75) is 6.42 Å².